The molecule has 1 aromatic heterocycles. The highest BCUT2D eigenvalue weighted by atomic mass is 32.1. The fourth-order valence-corrected chi connectivity index (χ4v) is 3.79. The maximum absolute atomic E-state index is 12.3. The van der Waals surface area contributed by atoms with Crippen molar-refractivity contribution in [2.45, 2.75) is 18.9 Å². The molecule has 0 radical (unpaired) electrons. The Hall–Kier alpha value is -1.35. The summed E-state index contributed by atoms with van der Waals surface area (Å²) in [6.45, 7) is 3.72. The molecule has 5 heteroatoms. The van der Waals surface area contributed by atoms with Crippen molar-refractivity contribution in [1.82, 2.24) is 10.2 Å². The first-order valence-corrected chi connectivity index (χ1v) is 7.95. The van der Waals surface area contributed by atoms with Crippen LogP contribution in [0.3, 0.4) is 0 Å². The van der Waals surface area contributed by atoms with Gasteiger partial charge < -0.3 is 16.0 Å². The summed E-state index contributed by atoms with van der Waals surface area (Å²) in [5.41, 5.74) is 6.06. The Balaban J connectivity index is 1.63. The molecule has 1 atom stereocenters. The van der Waals surface area contributed by atoms with E-state index in [-0.39, 0.29) is 5.91 Å². The molecular formula is C15H19N3OS. The molecule has 0 aliphatic carbocycles. The first-order chi connectivity index (χ1) is 9.76. The second-order valence-electron chi connectivity index (χ2n) is 5.42. The monoisotopic (exact) mass is 289 g/mol. The number of carbonyl (C=O) groups is 1. The lowest BCUT2D eigenvalue weighted by atomic mass is 9.84. The van der Waals surface area contributed by atoms with Gasteiger partial charge in [0.15, 0.2) is 0 Å². The Morgan fingerprint density at radius 3 is 2.95 bits per heavy atom. The first kappa shape index (κ1) is 13.6. The fraction of sp³-hybridized carbons (Fsp3) is 0.533. The molecule has 3 aliphatic rings. The summed E-state index contributed by atoms with van der Waals surface area (Å²) in [6, 6.07) is 2.16. The smallest absolute Gasteiger partial charge is 0.252 e. The Labute approximate surface area is 123 Å². The maximum Gasteiger partial charge on any atom is 0.252 e. The lowest BCUT2D eigenvalue weighted by Gasteiger charge is -2.44. The lowest BCUT2D eigenvalue weighted by molar-refractivity contribution is 0.0620. The zero-order valence-corrected chi connectivity index (χ0v) is 12.2. The topological polar surface area (TPSA) is 58.4 Å². The second kappa shape index (κ2) is 5.96. The van der Waals surface area contributed by atoms with Crippen LogP contribution < -0.4 is 11.1 Å². The third-order valence-corrected chi connectivity index (χ3v) is 4.99. The van der Waals surface area contributed by atoms with E-state index in [4.69, 9.17) is 5.73 Å². The summed E-state index contributed by atoms with van der Waals surface area (Å²) >= 11 is 1.49. The zero-order chi connectivity index (χ0) is 13.9. The van der Waals surface area contributed by atoms with Crippen LogP contribution in [0.5, 0.6) is 0 Å². The number of hydrogen-bond donors (Lipinski definition) is 2. The third kappa shape index (κ3) is 2.88. The molecule has 2 bridgehead atoms. The number of fused-ring (bicyclic) bond motifs is 3. The van der Waals surface area contributed by atoms with Crippen LogP contribution in [0.2, 0.25) is 0 Å². The molecule has 0 saturated carbocycles. The van der Waals surface area contributed by atoms with Crippen LogP contribution in [0.15, 0.2) is 11.4 Å². The van der Waals surface area contributed by atoms with Crippen molar-refractivity contribution in [3.8, 4) is 11.8 Å². The second-order valence-corrected chi connectivity index (χ2v) is 6.33. The van der Waals surface area contributed by atoms with Gasteiger partial charge >= 0.3 is 0 Å². The van der Waals surface area contributed by atoms with Gasteiger partial charge in [-0.3, -0.25) is 4.79 Å². The molecule has 0 spiro atoms. The van der Waals surface area contributed by atoms with E-state index in [0.717, 1.165) is 11.4 Å². The molecule has 20 heavy (non-hydrogen) atoms. The molecule has 1 unspecified atom stereocenters. The number of carbonyl (C=O) groups excluding carboxylic acids is 1. The van der Waals surface area contributed by atoms with Crippen LogP contribution in [0, 0.1) is 17.8 Å². The number of rotatable bonds is 2. The molecule has 3 N–H and O–H groups in total. The van der Waals surface area contributed by atoms with Gasteiger partial charge in [0.25, 0.3) is 5.91 Å². The molecule has 4 nitrogen and oxygen atoms in total. The van der Waals surface area contributed by atoms with Gasteiger partial charge in [0.05, 0.1) is 17.0 Å². The van der Waals surface area contributed by atoms with Gasteiger partial charge in [0, 0.05) is 18.0 Å². The van der Waals surface area contributed by atoms with Crippen LogP contribution in [-0.4, -0.2) is 43.0 Å². The molecule has 4 heterocycles. The predicted octanol–water partition coefficient (Wildman–Crippen LogP) is 0.882. The number of nitrogens with one attached hydrogen (secondary N) is 1. The number of thiophene rings is 1. The summed E-state index contributed by atoms with van der Waals surface area (Å²) in [5.74, 6) is 6.46. The van der Waals surface area contributed by atoms with Crippen molar-refractivity contribution >= 4 is 17.2 Å². The van der Waals surface area contributed by atoms with Crippen molar-refractivity contribution in [1.29, 1.82) is 0 Å². The minimum atomic E-state index is 0.0285. The zero-order valence-electron chi connectivity index (χ0n) is 11.4. The minimum absolute atomic E-state index is 0.0285. The van der Waals surface area contributed by atoms with Gasteiger partial charge in [0.2, 0.25) is 0 Å². The van der Waals surface area contributed by atoms with Crippen molar-refractivity contribution < 1.29 is 4.79 Å². The SMILES string of the molecule is NCC#Cc1cc(C(=O)NC2CN3CCC2CC3)cs1. The minimum Gasteiger partial charge on any atom is -0.348 e. The van der Waals surface area contributed by atoms with E-state index in [9.17, 15) is 4.79 Å². The Bertz CT molecular complexity index is 549. The molecule has 3 saturated heterocycles. The van der Waals surface area contributed by atoms with Gasteiger partial charge in [-0.15, -0.1) is 11.3 Å². The van der Waals surface area contributed by atoms with E-state index in [1.807, 2.05) is 11.4 Å². The first-order valence-electron chi connectivity index (χ1n) is 7.07. The van der Waals surface area contributed by atoms with Crippen LogP contribution in [0.25, 0.3) is 0 Å². The van der Waals surface area contributed by atoms with Crippen LogP contribution in [0.4, 0.5) is 0 Å². The lowest BCUT2D eigenvalue weighted by Crippen LogP contribution is -2.57. The molecule has 3 fully saturated rings. The highest BCUT2D eigenvalue weighted by Crippen LogP contribution is 2.27. The highest BCUT2D eigenvalue weighted by molar-refractivity contribution is 7.10. The van der Waals surface area contributed by atoms with E-state index >= 15 is 0 Å². The van der Waals surface area contributed by atoms with Gasteiger partial charge in [-0.1, -0.05) is 11.8 Å². The Kier molecular flexibility index (Phi) is 4.06. The van der Waals surface area contributed by atoms with E-state index < -0.39 is 0 Å². The molecule has 1 amide bonds. The summed E-state index contributed by atoms with van der Waals surface area (Å²) in [5, 5.41) is 5.06. The quantitative estimate of drug-likeness (QED) is 0.795. The summed E-state index contributed by atoms with van der Waals surface area (Å²) in [7, 11) is 0. The maximum atomic E-state index is 12.3. The Morgan fingerprint density at radius 1 is 1.50 bits per heavy atom. The van der Waals surface area contributed by atoms with Crippen molar-refractivity contribution in [3.05, 3.63) is 21.9 Å². The summed E-state index contributed by atoms with van der Waals surface area (Å²) in [4.78, 5) is 15.6. The number of nitrogens with zero attached hydrogens (tertiary/aromatic N) is 1. The molecule has 4 rings (SSSR count). The number of hydrogen-bond acceptors (Lipinski definition) is 4. The number of nitrogens with two attached hydrogens (primary N) is 1. The predicted molar refractivity (Wildman–Crippen MR) is 80.7 cm³/mol. The van der Waals surface area contributed by atoms with Crippen molar-refractivity contribution in [2.24, 2.45) is 11.7 Å². The van der Waals surface area contributed by atoms with Gasteiger partial charge in [-0.05, 0) is 37.9 Å². The van der Waals surface area contributed by atoms with E-state index in [2.05, 4.69) is 22.1 Å². The normalized spacial score (nSPS) is 27.8. The highest BCUT2D eigenvalue weighted by Gasteiger charge is 2.34. The van der Waals surface area contributed by atoms with Crippen LogP contribution in [-0.2, 0) is 0 Å². The fourth-order valence-electron chi connectivity index (χ4n) is 3.04. The third-order valence-electron chi connectivity index (χ3n) is 4.15. The molecule has 3 aliphatic heterocycles. The average molecular weight is 289 g/mol. The van der Waals surface area contributed by atoms with Crippen LogP contribution in [0.1, 0.15) is 28.1 Å². The average Bonchev–Trinajstić information content (AvgIpc) is 2.95. The molecule has 106 valence electrons. The van der Waals surface area contributed by atoms with E-state index in [1.54, 1.807) is 0 Å². The van der Waals surface area contributed by atoms with Gasteiger partial charge in [-0.2, -0.15) is 0 Å². The summed E-state index contributed by atoms with van der Waals surface area (Å²) < 4.78 is 0. The van der Waals surface area contributed by atoms with Gasteiger partial charge in [0.1, 0.15) is 0 Å². The molecule has 1 aromatic rings. The number of amides is 1. The largest absolute Gasteiger partial charge is 0.348 e. The standard InChI is InChI=1S/C15H19N3OS/c16-5-1-2-13-8-12(10-20-13)15(19)17-14-9-18-6-3-11(14)4-7-18/h8,10-11,14H,3-7,9,16H2,(H,17,19). The molecule has 0 aromatic carbocycles. The molecular weight excluding hydrogens is 270 g/mol. The van der Waals surface area contributed by atoms with Crippen molar-refractivity contribution in [3.63, 3.8) is 0 Å². The Morgan fingerprint density at radius 2 is 2.30 bits per heavy atom. The van der Waals surface area contributed by atoms with E-state index in [1.165, 1.54) is 37.3 Å². The number of piperidine rings is 3. The van der Waals surface area contributed by atoms with Crippen LogP contribution >= 0.6 is 11.3 Å². The van der Waals surface area contributed by atoms with Crippen molar-refractivity contribution in [2.75, 3.05) is 26.2 Å². The summed E-state index contributed by atoms with van der Waals surface area (Å²) in [6.07, 6.45) is 2.42. The van der Waals surface area contributed by atoms with Gasteiger partial charge in [-0.25, -0.2) is 0 Å². The van der Waals surface area contributed by atoms with E-state index in [0.29, 0.717) is 24.1 Å².